The van der Waals surface area contributed by atoms with Gasteiger partial charge in [-0.15, -0.1) is 0 Å². The van der Waals surface area contributed by atoms with Crippen LogP contribution in [0.3, 0.4) is 0 Å². The van der Waals surface area contributed by atoms with Crippen molar-refractivity contribution in [1.29, 1.82) is 0 Å². The molecule has 1 saturated heterocycles. The standard InChI is InChI=1S/C11H23N4O2.HI/c1-4-15(3,5-2)9-8-13-7-6-12-11(13)10-14(16)17;/h10,12H,4-9H2,1-3H3;1H/q+1;/p-1/b11-10+;. The fourth-order valence-electron chi connectivity index (χ4n) is 1.91. The summed E-state index contributed by atoms with van der Waals surface area (Å²) in [5.41, 5.74) is 0. The van der Waals surface area contributed by atoms with Crippen LogP contribution < -0.4 is 29.3 Å². The number of halogens is 1. The second-order valence-corrected chi connectivity index (χ2v) is 4.69. The molecule has 0 bridgehead atoms. The van der Waals surface area contributed by atoms with Crippen molar-refractivity contribution in [3.05, 3.63) is 22.1 Å². The number of nitrogens with one attached hydrogen (secondary N) is 1. The fourth-order valence-corrected chi connectivity index (χ4v) is 1.91. The first-order valence-corrected chi connectivity index (χ1v) is 6.18. The van der Waals surface area contributed by atoms with E-state index in [0.29, 0.717) is 5.82 Å². The molecular formula is C11H23IN4O2. The maximum absolute atomic E-state index is 10.5. The highest BCUT2D eigenvalue weighted by Gasteiger charge is 2.23. The van der Waals surface area contributed by atoms with Crippen LogP contribution in [0.5, 0.6) is 0 Å². The first kappa shape index (κ1) is 17.4. The smallest absolute Gasteiger partial charge is 0.274 e. The number of hydrogen-bond acceptors (Lipinski definition) is 4. The van der Waals surface area contributed by atoms with Gasteiger partial charge in [0.2, 0.25) is 0 Å². The van der Waals surface area contributed by atoms with Gasteiger partial charge >= 0.3 is 0 Å². The van der Waals surface area contributed by atoms with Gasteiger partial charge < -0.3 is 38.7 Å². The minimum Gasteiger partial charge on any atom is -1.00 e. The second-order valence-electron chi connectivity index (χ2n) is 4.69. The molecule has 0 aromatic heterocycles. The monoisotopic (exact) mass is 370 g/mol. The van der Waals surface area contributed by atoms with Crippen LogP contribution in [0.25, 0.3) is 0 Å². The zero-order valence-electron chi connectivity index (χ0n) is 11.4. The number of quaternary nitrogens is 1. The fraction of sp³-hybridized carbons (Fsp3) is 0.818. The molecule has 0 spiro atoms. The van der Waals surface area contributed by atoms with E-state index in [2.05, 4.69) is 31.1 Å². The Bertz CT molecular complexity index is 305. The van der Waals surface area contributed by atoms with E-state index < -0.39 is 4.92 Å². The molecule has 1 aliphatic heterocycles. The van der Waals surface area contributed by atoms with Crippen molar-refractivity contribution < 1.29 is 33.4 Å². The lowest BCUT2D eigenvalue weighted by Crippen LogP contribution is -3.00. The van der Waals surface area contributed by atoms with E-state index in [1.54, 1.807) is 0 Å². The predicted molar refractivity (Wildman–Crippen MR) is 66.8 cm³/mol. The first-order valence-electron chi connectivity index (χ1n) is 6.18. The van der Waals surface area contributed by atoms with Gasteiger partial charge in [-0.3, -0.25) is 10.1 Å². The maximum atomic E-state index is 10.5. The molecule has 1 N–H and O–H groups in total. The number of likely N-dealkylation sites (N-methyl/N-ethyl adjacent to an activating group) is 1. The molecule has 0 atom stereocenters. The van der Waals surface area contributed by atoms with E-state index in [-0.39, 0.29) is 24.0 Å². The Kier molecular flexibility index (Phi) is 7.53. The van der Waals surface area contributed by atoms with Crippen molar-refractivity contribution in [3.63, 3.8) is 0 Å². The van der Waals surface area contributed by atoms with Gasteiger partial charge in [0.25, 0.3) is 6.20 Å². The molecule has 1 rings (SSSR count). The van der Waals surface area contributed by atoms with Crippen LogP contribution in [-0.4, -0.2) is 60.6 Å². The molecule has 6 nitrogen and oxygen atoms in total. The molecule has 0 aromatic rings. The van der Waals surface area contributed by atoms with E-state index >= 15 is 0 Å². The summed E-state index contributed by atoms with van der Waals surface area (Å²) in [7, 11) is 2.22. The van der Waals surface area contributed by atoms with Gasteiger partial charge in [-0.2, -0.15) is 0 Å². The van der Waals surface area contributed by atoms with E-state index in [9.17, 15) is 10.1 Å². The third-order valence-corrected chi connectivity index (χ3v) is 3.69. The average molecular weight is 370 g/mol. The van der Waals surface area contributed by atoms with Crippen molar-refractivity contribution in [2.75, 3.05) is 46.3 Å². The van der Waals surface area contributed by atoms with Gasteiger partial charge in [-0.1, -0.05) is 0 Å². The van der Waals surface area contributed by atoms with Crippen molar-refractivity contribution in [2.45, 2.75) is 13.8 Å². The molecule has 0 saturated carbocycles. The number of nitrogens with zero attached hydrogens (tertiary/aromatic N) is 3. The molecule has 0 aliphatic carbocycles. The van der Waals surface area contributed by atoms with Crippen molar-refractivity contribution >= 4 is 0 Å². The molecule has 0 radical (unpaired) electrons. The van der Waals surface area contributed by atoms with E-state index in [0.717, 1.165) is 50.0 Å². The molecule has 1 fully saturated rings. The molecular weight excluding hydrogens is 347 g/mol. The van der Waals surface area contributed by atoms with Crippen LogP contribution in [0.1, 0.15) is 13.8 Å². The summed E-state index contributed by atoms with van der Waals surface area (Å²) >= 11 is 0. The maximum Gasteiger partial charge on any atom is 0.274 e. The van der Waals surface area contributed by atoms with Crippen LogP contribution in [0.4, 0.5) is 0 Å². The summed E-state index contributed by atoms with van der Waals surface area (Å²) in [4.78, 5) is 12.1. The molecule has 18 heavy (non-hydrogen) atoms. The summed E-state index contributed by atoms with van der Waals surface area (Å²) in [5.74, 6) is 0.647. The Morgan fingerprint density at radius 3 is 2.61 bits per heavy atom. The van der Waals surface area contributed by atoms with E-state index in [4.69, 9.17) is 0 Å². The van der Waals surface area contributed by atoms with Crippen molar-refractivity contribution in [3.8, 4) is 0 Å². The van der Waals surface area contributed by atoms with Gasteiger partial charge in [0, 0.05) is 13.1 Å². The Labute approximate surface area is 126 Å². The number of rotatable bonds is 6. The number of nitro groups is 1. The Morgan fingerprint density at radius 1 is 1.50 bits per heavy atom. The van der Waals surface area contributed by atoms with E-state index in [1.807, 2.05) is 0 Å². The van der Waals surface area contributed by atoms with Crippen LogP contribution >= 0.6 is 0 Å². The van der Waals surface area contributed by atoms with Gasteiger partial charge in [0.15, 0.2) is 5.82 Å². The normalized spacial score (nSPS) is 17.5. The average Bonchev–Trinajstić information content (AvgIpc) is 2.72. The van der Waals surface area contributed by atoms with Crippen LogP contribution in [0, 0.1) is 10.1 Å². The molecule has 1 aliphatic rings. The van der Waals surface area contributed by atoms with Gasteiger partial charge in [-0.05, 0) is 13.8 Å². The minimum atomic E-state index is -0.394. The quantitative estimate of drug-likeness (QED) is 0.242. The highest BCUT2D eigenvalue weighted by atomic mass is 127. The molecule has 0 unspecified atom stereocenters. The molecule has 0 aromatic carbocycles. The molecule has 7 heteroatoms. The minimum absolute atomic E-state index is 0. The third kappa shape index (κ3) is 4.97. The Balaban J connectivity index is 0.00000289. The SMILES string of the molecule is CC[N+](C)(CC)CCN1CCN/C1=C\[N+](=O)[O-].[I-]. The van der Waals surface area contributed by atoms with Crippen molar-refractivity contribution in [2.24, 2.45) is 0 Å². The summed E-state index contributed by atoms with van der Waals surface area (Å²) in [6.45, 7) is 10.1. The summed E-state index contributed by atoms with van der Waals surface area (Å²) in [6, 6.07) is 0. The Hall–Kier alpha value is -0.570. The molecule has 0 amide bonds. The van der Waals surface area contributed by atoms with Crippen LogP contribution in [0.15, 0.2) is 12.0 Å². The summed E-state index contributed by atoms with van der Waals surface area (Å²) in [5, 5.41) is 13.5. The third-order valence-electron chi connectivity index (χ3n) is 3.69. The molecule has 106 valence electrons. The first-order chi connectivity index (χ1) is 8.00. The van der Waals surface area contributed by atoms with Gasteiger partial charge in [0.1, 0.15) is 0 Å². The largest absolute Gasteiger partial charge is 1.00 e. The highest BCUT2D eigenvalue weighted by Crippen LogP contribution is 2.09. The number of hydrogen-bond donors (Lipinski definition) is 1. The van der Waals surface area contributed by atoms with Crippen LogP contribution in [-0.2, 0) is 0 Å². The zero-order valence-corrected chi connectivity index (χ0v) is 13.5. The Morgan fingerprint density at radius 2 is 2.11 bits per heavy atom. The topological polar surface area (TPSA) is 58.4 Å². The van der Waals surface area contributed by atoms with Gasteiger partial charge in [0.05, 0.1) is 38.2 Å². The lowest BCUT2D eigenvalue weighted by Gasteiger charge is -2.33. The van der Waals surface area contributed by atoms with Gasteiger partial charge in [-0.25, -0.2) is 0 Å². The van der Waals surface area contributed by atoms with Crippen LogP contribution in [0.2, 0.25) is 0 Å². The predicted octanol–water partition coefficient (Wildman–Crippen LogP) is -2.54. The second kappa shape index (κ2) is 7.78. The zero-order chi connectivity index (χ0) is 12.9. The lowest BCUT2D eigenvalue weighted by atomic mass is 10.3. The highest BCUT2D eigenvalue weighted by molar-refractivity contribution is 4.99. The van der Waals surface area contributed by atoms with Crippen molar-refractivity contribution in [1.82, 2.24) is 10.2 Å². The summed E-state index contributed by atoms with van der Waals surface area (Å²) < 4.78 is 1.00. The molecule has 1 heterocycles. The lowest BCUT2D eigenvalue weighted by molar-refractivity contribution is -0.905. The summed E-state index contributed by atoms with van der Waals surface area (Å²) in [6.07, 6.45) is 1.06. The van der Waals surface area contributed by atoms with E-state index in [1.165, 1.54) is 0 Å².